The molecular formula is C23H22Cl3F3N4O2. The Hall–Kier alpha value is -2.49. The van der Waals surface area contributed by atoms with Crippen LogP contribution in [0.3, 0.4) is 0 Å². The number of amidine groups is 1. The fourth-order valence-corrected chi connectivity index (χ4v) is 3.58. The molecule has 1 heterocycles. The van der Waals surface area contributed by atoms with Gasteiger partial charge in [-0.15, -0.1) is 0 Å². The number of benzene rings is 2. The van der Waals surface area contributed by atoms with E-state index in [-0.39, 0.29) is 11.1 Å². The lowest BCUT2D eigenvalue weighted by Gasteiger charge is -2.25. The number of carbonyl (C=O) groups excluding carboxylic acids is 2. The van der Waals surface area contributed by atoms with Gasteiger partial charge >= 0.3 is 12.2 Å². The molecule has 1 aliphatic heterocycles. The van der Waals surface area contributed by atoms with Crippen LogP contribution in [0.1, 0.15) is 31.9 Å². The molecule has 1 atom stereocenters. The molecule has 1 unspecified atom stereocenters. The van der Waals surface area contributed by atoms with Crippen molar-refractivity contribution in [2.45, 2.75) is 42.3 Å². The lowest BCUT2D eigenvalue weighted by molar-refractivity contribution is -0.137. The quantitative estimate of drug-likeness (QED) is 0.345. The summed E-state index contributed by atoms with van der Waals surface area (Å²) in [6.07, 6.45) is -6.02. The number of alkyl halides is 6. The number of hydrogen-bond acceptors (Lipinski definition) is 4. The molecule has 12 heteroatoms. The van der Waals surface area contributed by atoms with Gasteiger partial charge in [-0.2, -0.15) is 13.2 Å². The Kier molecular flexibility index (Phi) is 7.37. The topological polar surface area (TPSA) is 65.0 Å². The second-order valence-electron chi connectivity index (χ2n) is 8.90. The number of halogens is 6. The largest absolute Gasteiger partial charge is 0.416 e. The zero-order chi connectivity index (χ0) is 26.3. The van der Waals surface area contributed by atoms with E-state index in [0.29, 0.717) is 10.6 Å². The molecule has 2 aromatic carbocycles. The van der Waals surface area contributed by atoms with Crippen LogP contribution in [0.15, 0.2) is 53.5 Å². The van der Waals surface area contributed by atoms with Crippen molar-refractivity contribution in [2.24, 2.45) is 4.99 Å². The zero-order valence-electron chi connectivity index (χ0n) is 19.1. The average molecular weight is 550 g/mol. The molecule has 0 saturated carbocycles. The smallest absolute Gasteiger partial charge is 0.360 e. The number of nitrogens with zero attached hydrogens (tertiary/aromatic N) is 3. The molecule has 2 aromatic rings. The van der Waals surface area contributed by atoms with Crippen molar-refractivity contribution >= 4 is 64.0 Å². The second-order valence-corrected chi connectivity index (χ2v) is 11.3. The lowest BCUT2D eigenvalue weighted by atomic mass is 9.87. The molecule has 1 saturated heterocycles. The molecule has 1 N–H and O–H groups in total. The van der Waals surface area contributed by atoms with Gasteiger partial charge in [0, 0.05) is 12.7 Å². The number of anilines is 2. The molecule has 6 nitrogen and oxygen atoms in total. The maximum Gasteiger partial charge on any atom is 0.416 e. The molecule has 0 spiro atoms. The standard InChI is InChI=1S/C23H22Cl3F3N4O2/c1-21(2,3)13-8-10-15(11-9-13)30-19(22(24,25)26)31-17-18(34)32(4)20(35)33(17)16-7-5-6-14(12-16)23(27,28)29/h5-12,19,30H,1-4H3. The first-order chi connectivity index (χ1) is 16.0. The SMILES string of the molecule is CN1C(=O)C(=NC(Nc2ccc(C(C)(C)C)cc2)C(Cl)(Cl)Cl)N(c2cccc(C(F)(F)F)c2)C1=O. The van der Waals surface area contributed by atoms with Crippen LogP contribution in [0, 0.1) is 0 Å². The Morgan fingerprint density at radius 3 is 2.06 bits per heavy atom. The van der Waals surface area contributed by atoms with Gasteiger partial charge in [0.15, 0.2) is 6.17 Å². The average Bonchev–Trinajstić information content (AvgIpc) is 2.95. The Bertz CT molecular complexity index is 1160. The van der Waals surface area contributed by atoms with Gasteiger partial charge in [-0.25, -0.2) is 14.7 Å². The van der Waals surface area contributed by atoms with Crippen LogP contribution in [0.4, 0.5) is 29.3 Å². The van der Waals surface area contributed by atoms with E-state index in [1.807, 2.05) is 32.9 Å². The molecule has 0 bridgehead atoms. The molecule has 3 rings (SSSR count). The monoisotopic (exact) mass is 548 g/mol. The van der Waals surface area contributed by atoms with Gasteiger partial charge in [-0.3, -0.25) is 9.69 Å². The summed E-state index contributed by atoms with van der Waals surface area (Å²) < 4.78 is 37.6. The van der Waals surface area contributed by atoms with E-state index in [0.717, 1.165) is 28.7 Å². The first-order valence-corrected chi connectivity index (χ1v) is 11.4. The third-order valence-corrected chi connectivity index (χ3v) is 5.85. The van der Waals surface area contributed by atoms with Crippen LogP contribution in [0.25, 0.3) is 0 Å². The molecular weight excluding hydrogens is 528 g/mol. The number of nitrogens with one attached hydrogen (secondary N) is 1. The molecule has 0 aliphatic carbocycles. The molecule has 188 valence electrons. The van der Waals surface area contributed by atoms with Gasteiger partial charge < -0.3 is 5.32 Å². The molecule has 0 aromatic heterocycles. The normalized spacial score (nSPS) is 17.4. The predicted molar refractivity (Wildman–Crippen MR) is 132 cm³/mol. The fraction of sp³-hybridized carbons (Fsp3) is 0.348. The Labute approximate surface area is 215 Å². The summed E-state index contributed by atoms with van der Waals surface area (Å²) in [6, 6.07) is 10.3. The summed E-state index contributed by atoms with van der Waals surface area (Å²) in [5, 5.41) is 2.91. The Morgan fingerprint density at radius 1 is 0.943 bits per heavy atom. The van der Waals surface area contributed by atoms with Crippen molar-refractivity contribution < 1.29 is 22.8 Å². The number of carbonyl (C=O) groups is 2. The van der Waals surface area contributed by atoms with Gasteiger partial charge in [0.1, 0.15) is 0 Å². The molecule has 0 radical (unpaired) electrons. The Balaban J connectivity index is 2.04. The Morgan fingerprint density at radius 2 is 1.54 bits per heavy atom. The number of amides is 3. The molecule has 35 heavy (non-hydrogen) atoms. The second kappa shape index (κ2) is 9.52. The first-order valence-electron chi connectivity index (χ1n) is 10.3. The van der Waals surface area contributed by atoms with Crippen molar-refractivity contribution in [2.75, 3.05) is 17.3 Å². The van der Waals surface area contributed by atoms with Crippen molar-refractivity contribution in [3.8, 4) is 0 Å². The highest BCUT2D eigenvalue weighted by molar-refractivity contribution is 6.68. The zero-order valence-corrected chi connectivity index (χ0v) is 21.4. The summed E-state index contributed by atoms with van der Waals surface area (Å²) in [5.74, 6) is -1.36. The number of likely N-dealkylation sites (N-methyl/N-ethyl adjacent to an activating group) is 1. The summed E-state index contributed by atoms with van der Waals surface area (Å²) in [7, 11) is 1.18. The van der Waals surface area contributed by atoms with Gasteiger partial charge in [-0.1, -0.05) is 73.8 Å². The summed E-state index contributed by atoms with van der Waals surface area (Å²) >= 11 is 18.3. The van der Waals surface area contributed by atoms with Crippen LogP contribution >= 0.6 is 34.8 Å². The lowest BCUT2D eigenvalue weighted by Crippen LogP contribution is -2.38. The van der Waals surface area contributed by atoms with E-state index in [1.54, 1.807) is 12.1 Å². The third-order valence-electron chi connectivity index (χ3n) is 5.23. The van der Waals surface area contributed by atoms with E-state index < -0.39 is 39.5 Å². The highest BCUT2D eigenvalue weighted by Gasteiger charge is 2.44. The molecule has 1 fully saturated rings. The van der Waals surface area contributed by atoms with Crippen LogP contribution in [-0.2, 0) is 16.4 Å². The molecule has 1 aliphatic rings. The van der Waals surface area contributed by atoms with Gasteiger partial charge in [0.25, 0.3) is 5.91 Å². The number of urea groups is 1. The van der Waals surface area contributed by atoms with Crippen molar-refractivity contribution in [3.63, 3.8) is 0 Å². The number of imide groups is 1. The van der Waals surface area contributed by atoms with Crippen molar-refractivity contribution in [1.29, 1.82) is 0 Å². The van der Waals surface area contributed by atoms with Gasteiger partial charge in [-0.05, 0) is 41.3 Å². The van der Waals surface area contributed by atoms with Gasteiger partial charge in [0.05, 0.1) is 11.3 Å². The van der Waals surface area contributed by atoms with E-state index in [1.165, 1.54) is 13.1 Å². The minimum atomic E-state index is -4.66. The maximum absolute atomic E-state index is 13.2. The van der Waals surface area contributed by atoms with Crippen LogP contribution in [-0.4, -0.2) is 39.7 Å². The fourth-order valence-electron chi connectivity index (χ4n) is 3.27. The van der Waals surface area contributed by atoms with E-state index in [9.17, 15) is 22.8 Å². The number of rotatable bonds is 4. The summed E-state index contributed by atoms with van der Waals surface area (Å²) in [4.78, 5) is 31.2. The minimum absolute atomic E-state index is 0.0972. The number of aliphatic imine (C=N–C) groups is 1. The van der Waals surface area contributed by atoms with Crippen LogP contribution in [0.5, 0.6) is 0 Å². The van der Waals surface area contributed by atoms with E-state index in [2.05, 4.69) is 10.3 Å². The van der Waals surface area contributed by atoms with Crippen molar-refractivity contribution in [1.82, 2.24) is 4.90 Å². The maximum atomic E-state index is 13.2. The summed E-state index contributed by atoms with van der Waals surface area (Å²) in [5.41, 5.74) is 0.251. The molecule has 3 amide bonds. The van der Waals surface area contributed by atoms with Crippen LogP contribution < -0.4 is 10.2 Å². The third kappa shape index (κ3) is 6.02. The predicted octanol–water partition coefficient (Wildman–Crippen LogP) is 6.61. The van der Waals surface area contributed by atoms with E-state index >= 15 is 0 Å². The highest BCUT2D eigenvalue weighted by atomic mass is 35.6. The van der Waals surface area contributed by atoms with Gasteiger partial charge in [0.2, 0.25) is 9.63 Å². The van der Waals surface area contributed by atoms with Crippen LogP contribution in [0.2, 0.25) is 0 Å². The minimum Gasteiger partial charge on any atom is -0.360 e. The van der Waals surface area contributed by atoms with Crippen molar-refractivity contribution in [3.05, 3.63) is 59.7 Å². The summed E-state index contributed by atoms with van der Waals surface area (Å²) in [6.45, 7) is 6.15. The first kappa shape index (κ1) is 27.1. The van der Waals surface area contributed by atoms with E-state index in [4.69, 9.17) is 34.8 Å². The highest BCUT2D eigenvalue weighted by Crippen LogP contribution is 2.36. The number of hydrogen-bond donors (Lipinski definition) is 1.